The van der Waals surface area contributed by atoms with E-state index < -0.39 is 6.36 Å². The van der Waals surface area contributed by atoms with E-state index in [4.69, 9.17) is 5.26 Å². The molecule has 0 bridgehead atoms. The van der Waals surface area contributed by atoms with Crippen LogP contribution in [0.15, 0.2) is 48.5 Å². The van der Waals surface area contributed by atoms with Crippen LogP contribution < -0.4 is 4.74 Å². The fourth-order valence-corrected chi connectivity index (χ4v) is 3.50. The number of aromatic nitrogens is 3. The van der Waals surface area contributed by atoms with Crippen LogP contribution in [0.1, 0.15) is 16.8 Å². The van der Waals surface area contributed by atoms with Crippen molar-refractivity contribution in [3.8, 4) is 23.1 Å². The van der Waals surface area contributed by atoms with Crippen LogP contribution in [0.4, 0.5) is 13.2 Å². The lowest BCUT2D eigenvalue weighted by molar-refractivity contribution is -0.274. The van der Waals surface area contributed by atoms with E-state index in [1.54, 1.807) is 23.9 Å². The van der Waals surface area contributed by atoms with Crippen molar-refractivity contribution in [3.05, 3.63) is 65.4 Å². The van der Waals surface area contributed by atoms with Gasteiger partial charge in [-0.3, -0.25) is 0 Å². The maximum atomic E-state index is 12.2. The van der Waals surface area contributed by atoms with Gasteiger partial charge in [0.2, 0.25) is 0 Å². The fraction of sp³-hybridized carbons (Fsp3) is 0.211. The van der Waals surface area contributed by atoms with Gasteiger partial charge in [-0.15, -0.1) is 18.3 Å². The highest BCUT2D eigenvalue weighted by atomic mass is 32.2. The number of hydrogen-bond acceptors (Lipinski definition) is 5. The van der Waals surface area contributed by atoms with E-state index in [0.717, 1.165) is 34.6 Å². The molecular formula is C19H15F3N4OS. The average molecular weight is 404 g/mol. The number of ether oxygens (including phenoxy) is 1. The second-order valence-corrected chi connectivity index (χ2v) is 6.93. The van der Waals surface area contributed by atoms with E-state index in [0.29, 0.717) is 5.69 Å². The molecule has 0 aliphatic carbocycles. The molecule has 1 aromatic heterocycles. The first kappa shape index (κ1) is 19.8. The molecule has 1 heterocycles. The molecule has 28 heavy (non-hydrogen) atoms. The lowest BCUT2D eigenvalue weighted by Gasteiger charge is -2.09. The molecule has 0 unspecified atom stereocenters. The average Bonchev–Trinajstić information content (AvgIpc) is 3.14. The Morgan fingerprint density at radius 2 is 1.86 bits per heavy atom. The van der Waals surface area contributed by atoms with Gasteiger partial charge >= 0.3 is 6.36 Å². The zero-order valence-electron chi connectivity index (χ0n) is 14.5. The number of nitrogens with zero attached hydrogens (tertiary/aromatic N) is 3. The third-order valence-electron chi connectivity index (χ3n) is 3.81. The summed E-state index contributed by atoms with van der Waals surface area (Å²) in [5.74, 6) is 1.37. The molecule has 0 amide bonds. The number of benzene rings is 2. The smallest absolute Gasteiger partial charge is 0.406 e. The van der Waals surface area contributed by atoms with E-state index >= 15 is 0 Å². The second-order valence-electron chi connectivity index (χ2n) is 5.83. The Balaban J connectivity index is 1.51. The third kappa shape index (κ3) is 5.50. The van der Waals surface area contributed by atoms with Gasteiger partial charge in [0.15, 0.2) is 5.69 Å². The predicted octanol–water partition coefficient (Wildman–Crippen LogP) is 4.72. The van der Waals surface area contributed by atoms with Crippen LogP contribution in [0.5, 0.6) is 5.75 Å². The molecule has 3 aromatic rings. The number of alkyl halides is 3. The van der Waals surface area contributed by atoms with E-state index in [1.165, 1.54) is 12.1 Å². The molecule has 1 N–H and O–H groups in total. The Bertz CT molecular complexity index is 964. The van der Waals surface area contributed by atoms with Crippen molar-refractivity contribution >= 4 is 11.8 Å². The number of aromatic amines is 1. The van der Waals surface area contributed by atoms with Crippen molar-refractivity contribution in [1.29, 1.82) is 5.26 Å². The molecule has 0 aliphatic heterocycles. The number of halogens is 3. The summed E-state index contributed by atoms with van der Waals surface area (Å²) in [6.45, 7) is 0. The summed E-state index contributed by atoms with van der Waals surface area (Å²) >= 11 is 1.71. The van der Waals surface area contributed by atoms with Crippen LogP contribution in [0.25, 0.3) is 11.3 Å². The number of hydrogen-bond donors (Lipinski definition) is 1. The summed E-state index contributed by atoms with van der Waals surface area (Å²) < 4.78 is 40.3. The minimum Gasteiger partial charge on any atom is -0.406 e. The molecule has 144 valence electrons. The lowest BCUT2D eigenvalue weighted by atomic mass is 10.1. The van der Waals surface area contributed by atoms with Crippen LogP contribution in [0, 0.1) is 11.3 Å². The summed E-state index contributed by atoms with van der Waals surface area (Å²) in [4.78, 5) is 0. The molecule has 0 spiro atoms. The Labute approximate surface area is 163 Å². The Morgan fingerprint density at radius 3 is 2.57 bits per heavy atom. The summed E-state index contributed by atoms with van der Waals surface area (Å²) in [6.07, 6.45) is -3.94. The van der Waals surface area contributed by atoms with Crippen LogP contribution in [0.3, 0.4) is 0 Å². The third-order valence-corrected chi connectivity index (χ3v) is 4.85. The summed E-state index contributed by atoms with van der Waals surface area (Å²) in [5, 5.41) is 19.3. The summed E-state index contributed by atoms with van der Waals surface area (Å²) in [7, 11) is 0. The first-order chi connectivity index (χ1) is 13.4. The lowest BCUT2D eigenvalue weighted by Crippen LogP contribution is -2.17. The van der Waals surface area contributed by atoms with Gasteiger partial charge in [-0.25, -0.2) is 0 Å². The van der Waals surface area contributed by atoms with E-state index in [2.05, 4.69) is 20.1 Å². The van der Waals surface area contributed by atoms with Crippen molar-refractivity contribution in [2.45, 2.75) is 18.5 Å². The molecule has 0 fully saturated rings. The maximum Gasteiger partial charge on any atom is 0.573 e. The molecule has 0 saturated carbocycles. The predicted molar refractivity (Wildman–Crippen MR) is 99.5 cm³/mol. The van der Waals surface area contributed by atoms with E-state index in [-0.39, 0.29) is 11.4 Å². The minimum absolute atomic E-state index is 0.217. The van der Waals surface area contributed by atoms with Crippen LogP contribution >= 0.6 is 11.8 Å². The molecule has 0 atom stereocenters. The van der Waals surface area contributed by atoms with Crippen LogP contribution in [-0.2, 0) is 12.2 Å². The first-order valence-corrected chi connectivity index (χ1v) is 9.43. The molecule has 0 aliphatic rings. The zero-order valence-corrected chi connectivity index (χ0v) is 15.3. The standard InChI is InChI=1S/C19H15F3N4OS/c20-19(21,22)27-16-6-4-13(5-7-16)8-9-28-12-14-2-1-3-15(10-14)18-17(11-23)24-26-25-18/h1-7,10H,8-9,12H2,(H,24,25,26). The SMILES string of the molecule is N#Cc1n[nH]nc1-c1cccc(CSCCc2ccc(OC(F)(F)F)cc2)c1. The Kier molecular flexibility index (Phi) is 6.21. The van der Waals surface area contributed by atoms with Gasteiger partial charge < -0.3 is 4.74 Å². The van der Waals surface area contributed by atoms with Gasteiger partial charge in [-0.2, -0.15) is 27.3 Å². The zero-order chi connectivity index (χ0) is 20.0. The van der Waals surface area contributed by atoms with Crippen LogP contribution in [-0.4, -0.2) is 27.5 Å². The topological polar surface area (TPSA) is 74.6 Å². The number of H-pyrrole nitrogens is 1. The van der Waals surface area contributed by atoms with Crippen LogP contribution in [0.2, 0.25) is 0 Å². The molecule has 0 saturated heterocycles. The maximum absolute atomic E-state index is 12.2. The van der Waals surface area contributed by atoms with Gasteiger partial charge in [0.05, 0.1) is 0 Å². The van der Waals surface area contributed by atoms with Crippen molar-refractivity contribution in [2.75, 3.05) is 5.75 Å². The monoisotopic (exact) mass is 404 g/mol. The first-order valence-electron chi connectivity index (χ1n) is 8.27. The van der Waals surface area contributed by atoms with Crippen molar-refractivity contribution in [3.63, 3.8) is 0 Å². The largest absolute Gasteiger partial charge is 0.573 e. The van der Waals surface area contributed by atoms with Gasteiger partial charge in [-0.1, -0.05) is 30.3 Å². The minimum atomic E-state index is -4.67. The molecule has 2 aromatic carbocycles. The van der Waals surface area contributed by atoms with Gasteiger partial charge in [0.25, 0.3) is 0 Å². The number of rotatable bonds is 7. The van der Waals surface area contributed by atoms with E-state index in [1.807, 2.05) is 30.3 Å². The summed E-state index contributed by atoms with van der Waals surface area (Å²) in [5.41, 5.74) is 3.63. The van der Waals surface area contributed by atoms with Crippen molar-refractivity contribution < 1.29 is 17.9 Å². The second kappa shape index (κ2) is 8.80. The Hall–Kier alpha value is -2.99. The van der Waals surface area contributed by atoms with Crippen molar-refractivity contribution in [2.24, 2.45) is 0 Å². The highest BCUT2D eigenvalue weighted by molar-refractivity contribution is 7.98. The number of aryl methyl sites for hydroxylation is 1. The van der Waals surface area contributed by atoms with Gasteiger partial charge in [0.1, 0.15) is 17.5 Å². The number of nitrogens with one attached hydrogen (secondary N) is 1. The summed E-state index contributed by atoms with van der Waals surface area (Å²) in [6, 6.07) is 15.6. The molecule has 5 nitrogen and oxygen atoms in total. The fourth-order valence-electron chi connectivity index (χ4n) is 2.56. The highest BCUT2D eigenvalue weighted by Crippen LogP contribution is 2.24. The number of thioether (sulfide) groups is 1. The molecule has 9 heteroatoms. The molecular weight excluding hydrogens is 389 g/mol. The molecule has 0 radical (unpaired) electrons. The van der Waals surface area contributed by atoms with E-state index in [9.17, 15) is 13.2 Å². The quantitative estimate of drug-likeness (QED) is 0.577. The molecule has 3 rings (SSSR count). The number of nitriles is 1. The van der Waals surface area contributed by atoms with Crippen molar-refractivity contribution in [1.82, 2.24) is 15.4 Å². The van der Waals surface area contributed by atoms with Gasteiger partial charge in [0, 0.05) is 11.3 Å². The highest BCUT2D eigenvalue weighted by Gasteiger charge is 2.30. The van der Waals surface area contributed by atoms with Gasteiger partial charge in [-0.05, 0) is 41.5 Å². The normalized spacial score (nSPS) is 11.2. The Morgan fingerprint density at radius 1 is 1.07 bits per heavy atom.